The van der Waals surface area contributed by atoms with Crippen LogP contribution in [0.5, 0.6) is 0 Å². The van der Waals surface area contributed by atoms with Gasteiger partial charge in [0.15, 0.2) is 0 Å². The SMILES string of the molecule is O=C(NCCc1ccc(F)cc1)c1cccnc1NCc1ccc(Br)s1. The van der Waals surface area contributed by atoms with Crippen molar-refractivity contribution in [1.29, 1.82) is 0 Å². The van der Waals surface area contributed by atoms with Crippen LogP contribution in [0.25, 0.3) is 0 Å². The van der Waals surface area contributed by atoms with E-state index in [1.165, 1.54) is 12.1 Å². The number of anilines is 1. The lowest BCUT2D eigenvalue weighted by Crippen LogP contribution is -2.26. The van der Waals surface area contributed by atoms with Gasteiger partial charge in [-0.2, -0.15) is 0 Å². The van der Waals surface area contributed by atoms with Crippen molar-refractivity contribution in [3.05, 3.63) is 80.3 Å². The molecule has 0 bridgehead atoms. The van der Waals surface area contributed by atoms with Crippen molar-refractivity contribution in [1.82, 2.24) is 10.3 Å². The number of thiophene rings is 1. The summed E-state index contributed by atoms with van der Waals surface area (Å²) in [4.78, 5) is 17.9. The third-order valence-corrected chi connectivity index (χ3v) is 5.35. The summed E-state index contributed by atoms with van der Waals surface area (Å²) in [6, 6.07) is 13.8. The Bertz CT molecular complexity index is 883. The van der Waals surface area contributed by atoms with E-state index in [0.717, 1.165) is 14.2 Å². The molecule has 1 amide bonds. The molecule has 0 fully saturated rings. The van der Waals surface area contributed by atoms with Crippen molar-refractivity contribution in [2.24, 2.45) is 0 Å². The van der Waals surface area contributed by atoms with E-state index >= 15 is 0 Å². The molecule has 0 unspecified atom stereocenters. The molecule has 2 N–H and O–H groups in total. The van der Waals surface area contributed by atoms with Gasteiger partial charge in [0.2, 0.25) is 0 Å². The van der Waals surface area contributed by atoms with Gasteiger partial charge >= 0.3 is 0 Å². The maximum absolute atomic E-state index is 12.9. The number of pyridine rings is 1. The first-order valence-electron chi connectivity index (χ1n) is 8.07. The number of amides is 1. The first kappa shape index (κ1) is 18.5. The van der Waals surface area contributed by atoms with E-state index in [4.69, 9.17) is 0 Å². The number of nitrogens with zero attached hydrogens (tertiary/aromatic N) is 1. The van der Waals surface area contributed by atoms with Gasteiger partial charge in [-0.1, -0.05) is 12.1 Å². The van der Waals surface area contributed by atoms with Crippen LogP contribution < -0.4 is 10.6 Å². The van der Waals surface area contributed by atoms with Crippen molar-refractivity contribution in [3.63, 3.8) is 0 Å². The Morgan fingerprint density at radius 2 is 1.96 bits per heavy atom. The van der Waals surface area contributed by atoms with Crippen LogP contribution in [0.1, 0.15) is 20.8 Å². The maximum atomic E-state index is 12.9. The predicted molar refractivity (Wildman–Crippen MR) is 106 cm³/mol. The lowest BCUT2D eigenvalue weighted by Gasteiger charge is -2.11. The van der Waals surface area contributed by atoms with Crippen molar-refractivity contribution >= 4 is 39.0 Å². The fourth-order valence-electron chi connectivity index (χ4n) is 2.41. The summed E-state index contributed by atoms with van der Waals surface area (Å²) in [5, 5.41) is 6.10. The number of carbonyl (C=O) groups is 1. The van der Waals surface area contributed by atoms with Crippen molar-refractivity contribution < 1.29 is 9.18 Å². The van der Waals surface area contributed by atoms with Gasteiger partial charge < -0.3 is 10.6 Å². The zero-order valence-corrected chi connectivity index (χ0v) is 16.2. The first-order valence-corrected chi connectivity index (χ1v) is 9.68. The second kappa shape index (κ2) is 8.91. The molecule has 4 nitrogen and oxygen atoms in total. The number of halogens is 2. The molecule has 134 valence electrons. The average Bonchev–Trinajstić information content (AvgIpc) is 3.07. The summed E-state index contributed by atoms with van der Waals surface area (Å²) in [6.07, 6.45) is 2.29. The number of aromatic nitrogens is 1. The van der Waals surface area contributed by atoms with Gasteiger partial charge in [-0.15, -0.1) is 11.3 Å². The van der Waals surface area contributed by atoms with Crippen LogP contribution >= 0.6 is 27.3 Å². The molecule has 2 aromatic heterocycles. The van der Waals surface area contributed by atoms with Crippen LogP contribution in [0.15, 0.2) is 58.5 Å². The molecular formula is C19H17BrFN3OS. The standard InChI is InChI=1S/C19H17BrFN3OS/c20-17-8-7-15(26-17)12-24-18-16(2-1-10-22-18)19(25)23-11-9-13-3-5-14(21)6-4-13/h1-8,10H,9,11-12H2,(H,22,24)(H,23,25). The molecule has 7 heteroatoms. The number of hydrogen-bond donors (Lipinski definition) is 2. The molecular weight excluding hydrogens is 417 g/mol. The minimum Gasteiger partial charge on any atom is -0.365 e. The van der Waals surface area contributed by atoms with Gasteiger partial charge in [0.25, 0.3) is 5.91 Å². The Morgan fingerprint density at radius 1 is 1.15 bits per heavy atom. The summed E-state index contributed by atoms with van der Waals surface area (Å²) < 4.78 is 14.0. The Morgan fingerprint density at radius 3 is 2.69 bits per heavy atom. The topological polar surface area (TPSA) is 54.0 Å². The number of benzene rings is 1. The predicted octanol–water partition coefficient (Wildman–Crippen LogP) is 4.63. The average molecular weight is 434 g/mol. The minimum atomic E-state index is -0.262. The van der Waals surface area contributed by atoms with E-state index < -0.39 is 0 Å². The summed E-state index contributed by atoms with van der Waals surface area (Å²) in [5.41, 5.74) is 1.47. The molecule has 0 saturated heterocycles. The molecule has 3 aromatic rings. The lowest BCUT2D eigenvalue weighted by molar-refractivity contribution is 0.0954. The highest BCUT2D eigenvalue weighted by Gasteiger charge is 2.12. The normalized spacial score (nSPS) is 10.5. The van der Waals surface area contributed by atoms with Gasteiger partial charge in [-0.25, -0.2) is 9.37 Å². The van der Waals surface area contributed by atoms with Gasteiger partial charge in [-0.05, 0) is 64.3 Å². The fraction of sp³-hybridized carbons (Fsp3) is 0.158. The molecule has 26 heavy (non-hydrogen) atoms. The van der Waals surface area contributed by atoms with E-state index in [0.29, 0.717) is 30.9 Å². The van der Waals surface area contributed by atoms with Crippen molar-refractivity contribution in [2.75, 3.05) is 11.9 Å². The van der Waals surface area contributed by atoms with E-state index in [-0.39, 0.29) is 11.7 Å². The summed E-state index contributed by atoms with van der Waals surface area (Å²) in [5.74, 6) is 0.105. The maximum Gasteiger partial charge on any atom is 0.255 e. The summed E-state index contributed by atoms with van der Waals surface area (Å²) in [6.45, 7) is 1.07. The van der Waals surface area contributed by atoms with Crippen LogP contribution in [-0.2, 0) is 13.0 Å². The molecule has 3 rings (SSSR count). The van der Waals surface area contributed by atoms with Crippen LogP contribution in [0, 0.1) is 5.82 Å². The molecule has 0 aliphatic rings. The first-order chi connectivity index (χ1) is 12.6. The van der Waals surface area contributed by atoms with Gasteiger partial charge in [0.1, 0.15) is 11.6 Å². The van der Waals surface area contributed by atoms with E-state index in [9.17, 15) is 9.18 Å². The monoisotopic (exact) mass is 433 g/mol. The number of rotatable bonds is 7. The van der Waals surface area contributed by atoms with E-state index in [2.05, 4.69) is 31.5 Å². The molecule has 0 spiro atoms. The van der Waals surface area contributed by atoms with Gasteiger partial charge in [0, 0.05) is 17.6 Å². The van der Waals surface area contributed by atoms with Crippen molar-refractivity contribution in [2.45, 2.75) is 13.0 Å². The minimum absolute atomic E-state index is 0.185. The van der Waals surface area contributed by atoms with Crippen LogP contribution in [0.2, 0.25) is 0 Å². The smallest absolute Gasteiger partial charge is 0.255 e. The quantitative estimate of drug-likeness (QED) is 0.570. The van der Waals surface area contributed by atoms with Crippen LogP contribution in [0.3, 0.4) is 0 Å². The third kappa shape index (κ3) is 5.12. The van der Waals surface area contributed by atoms with E-state index in [1.54, 1.807) is 41.8 Å². The van der Waals surface area contributed by atoms with Gasteiger partial charge in [-0.3, -0.25) is 4.79 Å². The Kier molecular flexibility index (Phi) is 6.35. The lowest BCUT2D eigenvalue weighted by atomic mass is 10.1. The molecule has 0 aliphatic heterocycles. The highest BCUT2D eigenvalue weighted by molar-refractivity contribution is 9.11. The molecule has 2 heterocycles. The number of hydrogen-bond acceptors (Lipinski definition) is 4. The highest BCUT2D eigenvalue weighted by Crippen LogP contribution is 2.23. The van der Waals surface area contributed by atoms with Crippen LogP contribution in [-0.4, -0.2) is 17.4 Å². The van der Waals surface area contributed by atoms with E-state index in [1.807, 2.05) is 12.1 Å². The Labute approximate surface area is 163 Å². The number of nitrogens with one attached hydrogen (secondary N) is 2. The second-order valence-electron chi connectivity index (χ2n) is 5.59. The second-order valence-corrected chi connectivity index (χ2v) is 8.14. The van der Waals surface area contributed by atoms with Gasteiger partial charge in [0.05, 0.1) is 15.9 Å². The molecule has 0 saturated carbocycles. The Hall–Kier alpha value is -2.25. The highest BCUT2D eigenvalue weighted by atomic mass is 79.9. The molecule has 1 aromatic carbocycles. The molecule has 0 aliphatic carbocycles. The summed E-state index contributed by atoms with van der Waals surface area (Å²) >= 11 is 5.07. The number of carbonyl (C=O) groups excluding carboxylic acids is 1. The summed E-state index contributed by atoms with van der Waals surface area (Å²) in [7, 11) is 0. The molecule has 0 radical (unpaired) electrons. The third-order valence-electron chi connectivity index (χ3n) is 3.72. The largest absolute Gasteiger partial charge is 0.365 e. The van der Waals surface area contributed by atoms with Crippen LogP contribution in [0.4, 0.5) is 10.2 Å². The molecule has 0 atom stereocenters. The van der Waals surface area contributed by atoms with Crippen molar-refractivity contribution in [3.8, 4) is 0 Å². The Balaban J connectivity index is 1.57. The zero-order chi connectivity index (χ0) is 18.4. The zero-order valence-electron chi connectivity index (χ0n) is 13.8. The fourth-order valence-corrected chi connectivity index (χ4v) is 3.84.